The third kappa shape index (κ3) is 3.22. The van der Waals surface area contributed by atoms with Gasteiger partial charge in [-0.05, 0) is 18.2 Å². The smallest absolute Gasteiger partial charge is 0.163 e. The van der Waals surface area contributed by atoms with Crippen LogP contribution in [0.4, 0.5) is 0 Å². The largest absolute Gasteiger partial charge is 0.550 e. The fraction of sp³-hybridized carbons (Fsp3) is 0.273. The van der Waals surface area contributed by atoms with Crippen LogP contribution in [-0.4, -0.2) is 11.8 Å². The molecule has 0 amide bonds. The number of benzene rings is 1. The van der Waals surface area contributed by atoms with E-state index < -0.39 is 11.9 Å². The number of halogens is 2. The molecule has 1 aromatic rings. The molecule has 0 aromatic heterocycles. The van der Waals surface area contributed by atoms with Gasteiger partial charge in [0, 0.05) is 23.9 Å². The number of aliphatic carboxylic acids is 1. The second-order valence-electron chi connectivity index (χ2n) is 3.48. The molecule has 16 heavy (non-hydrogen) atoms. The SMILES string of the molecule is C[C@@H](CC(=O)c1ccc(Cl)c(Cl)c1)C(=O)[O-]. The summed E-state index contributed by atoms with van der Waals surface area (Å²) in [7, 11) is 0. The summed E-state index contributed by atoms with van der Waals surface area (Å²) in [5.41, 5.74) is 0.350. The molecule has 0 aliphatic heterocycles. The molecule has 0 spiro atoms. The molecule has 3 nitrogen and oxygen atoms in total. The van der Waals surface area contributed by atoms with Crippen LogP contribution in [0.1, 0.15) is 23.7 Å². The van der Waals surface area contributed by atoms with Gasteiger partial charge in [0.1, 0.15) is 0 Å². The molecule has 0 N–H and O–H groups in total. The Balaban J connectivity index is 2.81. The maximum atomic E-state index is 11.6. The topological polar surface area (TPSA) is 57.2 Å². The Hall–Kier alpha value is -1.06. The second-order valence-corrected chi connectivity index (χ2v) is 4.29. The zero-order chi connectivity index (χ0) is 12.3. The van der Waals surface area contributed by atoms with Gasteiger partial charge >= 0.3 is 0 Å². The highest BCUT2D eigenvalue weighted by Crippen LogP contribution is 2.23. The van der Waals surface area contributed by atoms with Crippen molar-refractivity contribution in [3.63, 3.8) is 0 Å². The van der Waals surface area contributed by atoms with E-state index in [9.17, 15) is 14.7 Å². The van der Waals surface area contributed by atoms with E-state index in [0.29, 0.717) is 10.6 Å². The van der Waals surface area contributed by atoms with E-state index in [0.717, 1.165) is 0 Å². The Morgan fingerprint density at radius 3 is 2.44 bits per heavy atom. The minimum Gasteiger partial charge on any atom is -0.550 e. The highest BCUT2D eigenvalue weighted by Gasteiger charge is 2.13. The van der Waals surface area contributed by atoms with Gasteiger partial charge in [-0.2, -0.15) is 0 Å². The molecule has 0 saturated heterocycles. The normalized spacial score (nSPS) is 12.2. The average molecular weight is 260 g/mol. The first-order valence-electron chi connectivity index (χ1n) is 4.61. The van der Waals surface area contributed by atoms with E-state index in [1.165, 1.54) is 25.1 Å². The lowest BCUT2D eigenvalue weighted by Crippen LogP contribution is -2.30. The van der Waals surface area contributed by atoms with E-state index >= 15 is 0 Å². The predicted octanol–water partition coefficient (Wildman–Crippen LogP) is 1.95. The molecule has 0 unspecified atom stereocenters. The number of carbonyl (C=O) groups is 2. The van der Waals surface area contributed by atoms with Gasteiger partial charge in [0.25, 0.3) is 0 Å². The van der Waals surface area contributed by atoms with Gasteiger partial charge < -0.3 is 9.90 Å². The van der Waals surface area contributed by atoms with Crippen LogP contribution >= 0.6 is 23.2 Å². The van der Waals surface area contributed by atoms with Crippen molar-refractivity contribution in [2.45, 2.75) is 13.3 Å². The summed E-state index contributed by atoms with van der Waals surface area (Å²) >= 11 is 11.4. The van der Waals surface area contributed by atoms with Crippen LogP contribution in [0.2, 0.25) is 10.0 Å². The summed E-state index contributed by atoms with van der Waals surface area (Å²) in [5, 5.41) is 11.1. The fourth-order valence-corrected chi connectivity index (χ4v) is 1.45. The zero-order valence-electron chi connectivity index (χ0n) is 8.50. The summed E-state index contributed by atoms with van der Waals surface area (Å²) in [6, 6.07) is 4.44. The molecule has 0 aliphatic carbocycles. The van der Waals surface area contributed by atoms with Gasteiger partial charge in [0.2, 0.25) is 0 Å². The number of rotatable bonds is 4. The molecule has 0 bridgehead atoms. The van der Waals surface area contributed by atoms with Gasteiger partial charge in [0.15, 0.2) is 5.78 Å². The first-order valence-corrected chi connectivity index (χ1v) is 5.36. The molecule has 86 valence electrons. The van der Waals surface area contributed by atoms with Gasteiger partial charge in [-0.25, -0.2) is 0 Å². The predicted molar refractivity (Wildman–Crippen MR) is 59.6 cm³/mol. The number of Topliss-reactive ketones (excluding diaryl/α,β-unsaturated/α-hetero) is 1. The highest BCUT2D eigenvalue weighted by atomic mass is 35.5. The third-order valence-electron chi connectivity index (χ3n) is 2.14. The molecule has 5 heteroatoms. The van der Waals surface area contributed by atoms with Crippen LogP contribution in [0, 0.1) is 5.92 Å². The molecular formula is C11H9Cl2O3-. The Labute approximate surface area is 103 Å². The van der Waals surface area contributed by atoms with E-state index in [1.54, 1.807) is 0 Å². The number of ketones is 1. The minimum absolute atomic E-state index is 0.111. The second kappa shape index (κ2) is 5.32. The quantitative estimate of drug-likeness (QED) is 0.777. The van der Waals surface area contributed by atoms with Crippen molar-refractivity contribution in [2.24, 2.45) is 5.92 Å². The lowest BCUT2D eigenvalue weighted by molar-refractivity contribution is -0.310. The first kappa shape index (κ1) is 13.0. The molecule has 0 fully saturated rings. The van der Waals surface area contributed by atoms with E-state index in [2.05, 4.69) is 0 Å². The summed E-state index contributed by atoms with van der Waals surface area (Å²) in [6.07, 6.45) is -0.111. The van der Waals surface area contributed by atoms with Gasteiger partial charge in [-0.1, -0.05) is 30.1 Å². The Bertz CT molecular complexity index is 429. The van der Waals surface area contributed by atoms with Crippen LogP contribution in [-0.2, 0) is 4.79 Å². The van der Waals surface area contributed by atoms with E-state index in [-0.39, 0.29) is 17.2 Å². The van der Waals surface area contributed by atoms with E-state index in [1.807, 2.05) is 0 Å². The van der Waals surface area contributed by atoms with Crippen molar-refractivity contribution >= 4 is 35.0 Å². The molecule has 0 heterocycles. The Kier molecular flexibility index (Phi) is 4.33. The standard InChI is InChI=1S/C11H10Cl2O3/c1-6(11(15)16)4-10(14)7-2-3-8(12)9(13)5-7/h2-3,5-6H,4H2,1H3,(H,15,16)/p-1/t6-/m0/s1. The van der Waals surface area contributed by atoms with Crippen LogP contribution < -0.4 is 5.11 Å². The van der Waals surface area contributed by atoms with Crippen LogP contribution in [0.25, 0.3) is 0 Å². The summed E-state index contributed by atoms with van der Waals surface area (Å²) in [5.74, 6) is -2.36. The minimum atomic E-state index is -1.24. The van der Waals surface area contributed by atoms with Crippen LogP contribution in [0.3, 0.4) is 0 Å². The number of carbonyl (C=O) groups excluding carboxylic acids is 2. The van der Waals surface area contributed by atoms with Gasteiger partial charge in [-0.15, -0.1) is 0 Å². The van der Waals surface area contributed by atoms with Crippen molar-refractivity contribution in [1.29, 1.82) is 0 Å². The van der Waals surface area contributed by atoms with Crippen LogP contribution in [0.5, 0.6) is 0 Å². The molecule has 0 saturated carbocycles. The Morgan fingerprint density at radius 1 is 1.31 bits per heavy atom. The Morgan fingerprint density at radius 2 is 1.94 bits per heavy atom. The molecular weight excluding hydrogens is 251 g/mol. The van der Waals surface area contributed by atoms with Gasteiger partial charge in [0.05, 0.1) is 10.0 Å². The highest BCUT2D eigenvalue weighted by molar-refractivity contribution is 6.42. The maximum absolute atomic E-state index is 11.6. The van der Waals surface area contributed by atoms with Crippen molar-refractivity contribution in [3.05, 3.63) is 33.8 Å². The summed E-state index contributed by atoms with van der Waals surface area (Å²) in [4.78, 5) is 22.1. The monoisotopic (exact) mass is 259 g/mol. The average Bonchev–Trinajstić information content (AvgIpc) is 2.21. The lowest BCUT2D eigenvalue weighted by Gasteiger charge is -2.11. The van der Waals surface area contributed by atoms with Crippen LogP contribution in [0.15, 0.2) is 18.2 Å². The number of carboxylic acid groups (broad SMARTS) is 1. The van der Waals surface area contributed by atoms with Crippen molar-refractivity contribution in [1.82, 2.24) is 0 Å². The lowest BCUT2D eigenvalue weighted by atomic mass is 10.00. The third-order valence-corrected chi connectivity index (χ3v) is 2.87. The number of carboxylic acids is 1. The molecule has 0 aliphatic rings. The molecule has 1 aromatic carbocycles. The molecule has 0 radical (unpaired) electrons. The number of hydrogen-bond acceptors (Lipinski definition) is 3. The zero-order valence-corrected chi connectivity index (χ0v) is 10.0. The van der Waals surface area contributed by atoms with Gasteiger partial charge in [-0.3, -0.25) is 4.79 Å². The fourth-order valence-electron chi connectivity index (χ4n) is 1.15. The molecule has 1 atom stereocenters. The first-order chi connectivity index (χ1) is 7.41. The van der Waals surface area contributed by atoms with E-state index in [4.69, 9.17) is 23.2 Å². The van der Waals surface area contributed by atoms with Crippen molar-refractivity contribution in [2.75, 3.05) is 0 Å². The maximum Gasteiger partial charge on any atom is 0.163 e. The summed E-state index contributed by atoms with van der Waals surface area (Å²) in [6.45, 7) is 1.42. The number of hydrogen-bond donors (Lipinski definition) is 0. The summed E-state index contributed by atoms with van der Waals surface area (Å²) < 4.78 is 0. The van der Waals surface area contributed by atoms with Crippen molar-refractivity contribution in [3.8, 4) is 0 Å². The van der Waals surface area contributed by atoms with Crippen molar-refractivity contribution < 1.29 is 14.7 Å². The molecule has 1 rings (SSSR count).